The third-order valence-corrected chi connectivity index (χ3v) is 3.52. The number of carbonyl (C=O) groups is 1. The van der Waals surface area contributed by atoms with Crippen LogP contribution in [0.4, 0.5) is 0 Å². The molecule has 0 atom stereocenters. The molecule has 3 heteroatoms. The Hall–Kier alpha value is 0.370. The Morgan fingerprint density at radius 1 is 1.40 bits per heavy atom. The normalized spacial score (nSPS) is 23.6. The second kappa shape index (κ2) is 3.18. The summed E-state index contributed by atoms with van der Waals surface area (Å²) in [6, 6.07) is 0. The third kappa shape index (κ3) is 1.51. The lowest BCUT2D eigenvalue weighted by Gasteiger charge is -2.22. The van der Waals surface area contributed by atoms with Gasteiger partial charge < -0.3 is 0 Å². The molecule has 1 saturated carbocycles. The highest BCUT2D eigenvalue weighted by atomic mass is 32.1. The molecule has 0 aromatic heterocycles. The van der Waals surface area contributed by atoms with Gasteiger partial charge in [-0.05, 0) is 23.3 Å². The minimum Gasteiger partial charge on any atom is -0.300 e. The molecule has 1 aliphatic rings. The van der Waals surface area contributed by atoms with Crippen LogP contribution in [-0.2, 0) is 4.79 Å². The zero-order valence-corrected chi connectivity index (χ0v) is 7.63. The van der Waals surface area contributed by atoms with Gasteiger partial charge >= 0.3 is 0 Å². The van der Waals surface area contributed by atoms with E-state index in [1.54, 1.807) is 0 Å². The fraction of sp³-hybridized carbons (Fsp3) is 0.857. The van der Waals surface area contributed by atoms with E-state index < -0.39 is 0 Å². The molecular formula is C7H12OS2. The summed E-state index contributed by atoms with van der Waals surface area (Å²) in [5.74, 6) is 1.97. The van der Waals surface area contributed by atoms with Gasteiger partial charge in [-0.25, -0.2) is 0 Å². The predicted molar refractivity (Wildman–Crippen MR) is 49.0 cm³/mol. The molecule has 10 heavy (non-hydrogen) atoms. The van der Waals surface area contributed by atoms with E-state index in [0.29, 0.717) is 12.2 Å². The van der Waals surface area contributed by atoms with Crippen molar-refractivity contribution in [3.8, 4) is 0 Å². The summed E-state index contributed by atoms with van der Waals surface area (Å²) in [6.45, 7) is 0. The van der Waals surface area contributed by atoms with Crippen molar-refractivity contribution in [3.63, 3.8) is 0 Å². The molecule has 0 radical (unpaired) electrons. The van der Waals surface area contributed by atoms with Crippen LogP contribution in [0.3, 0.4) is 0 Å². The first-order valence-corrected chi connectivity index (χ1v) is 4.72. The summed E-state index contributed by atoms with van der Waals surface area (Å²) in [4.78, 5) is 10.9. The molecule has 58 valence electrons. The van der Waals surface area contributed by atoms with Crippen molar-refractivity contribution < 1.29 is 4.79 Å². The van der Waals surface area contributed by atoms with Crippen LogP contribution in [0.25, 0.3) is 0 Å². The number of hydrogen-bond donors (Lipinski definition) is 2. The van der Waals surface area contributed by atoms with E-state index in [1.165, 1.54) is 0 Å². The van der Waals surface area contributed by atoms with E-state index in [2.05, 4.69) is 25.3 Å². The molecule has 0 spiro atoms. The minimum atomic E-state index is 0.128. The maximum absolute atomic E-state index is 10.9. The lowest BCUT2D eigenvalue weighted by atomic mass is 9.91. The Morgan fingerprint density at radius 2 is 2.00 bits per heavy atom. The van der Waals surface area contributed by atoms with Crippen molar-refractivity contribution in [2.24, 2.45) is 5.41 Å². The van der Waals surface area contributed by atoms with E-state index in [-0.39, 0.29) is 5.41 Å². The van der Waals surface area contributed by atoms with Gasteiger partial charge in [0.2, 0.25) is 0 Å². The van der Waals surface area contributed by atoms with Gasteiger partial charge in [0.1, 0.15) is 5.78 Å². The van der Waals surface area contributed by atoms with Crippen LogP contribution in [0, 0.1) is 5.41 Å². The molecular weight excluding hydrogens is 164 g/mol. The number of carbonyl (C=O) groups excluding carboxylic acids is 1. The first kappa shape index (κ1) is 8.47. The number of ketones is 1. The molecule has 0 N–H and O–H groups in total. The van der Waals surface area contributed by atoms with Crippen LogP contribution in [0.1, 0.15) is 19.3 Å². The molecule has 0 heterocycles. The van der Waals surface area contributed by atoms with Crippen LogP contribution in [0.2, 0.25) is 0 Å². The highest BCUT2D eigenvalue weighted by Gasteiger charge is 2.35. The van der Waals surface area contributed by atoms with Crippen LogP contribution in [0.5, 0.6) is 0 Å². The largest absolute Gasteiger partial charge is 0.300 e. The highest BCUT2D eigenvalue weighted by Crippen LogP contribution is 2.37. The van der Waals surface area contributed by atoms with Gasteiger partial charge in [0.25, 0.3) is 0 Å². The summed E-state index contributed by atoms with van der Waals surface area (Å²) >= 11 is 8.44. The first-order valence-electron chi connectivity index (χ1n) is 3.46. The monoisotopic (exact) mass is 176 g/mol. The third-order valence-electron chi connectivity index (χ3n) is 2.18. The number of rotatable bonds is 2. The topological polar surface area (TPSA) is 17.1 Å². The molecule has 0 aromatic carbocycles. The number of thiol groups is 2. The zero-order valence-electron chi connectivity index (χ0n) is 5.84. The highest BCUT2D eigenvalue weighted by molar-refractivity contribution is 7.81. The molecule has 1 rings (SSSR count). The van der Waals surface area contributed by atoms with Gasteiger partial charge in [-0.15, -0.1) is 0 Å². The van der Waals surface area contributed by atoms with Crippen molar-refractivity contribution >= 4 is 31.0 Å². The minimum absolute atomic E-state index is 0.128. The van der Waals surface area contributed by atoms with Gasteiger partial charge in [0.15, 0.2) is 0 Å². The summed E-state index contributed by atoms with van der Waals surface area (Å²) in [7, 11) is 0. The molecule has 0 aliphatic heterocycles. The number of Topliss-reactive ketones (excluding diaryl/α,β-unsaturated/α-hetero) is 1. The van der Waals surface area contributed by atoms with Gasteiger partial charge in [0, 0.05) is 12.8 Å². The summed E-state index contributed by atoms with van der Waals surface area (Å²) < 4.78 is 0. The van der Waals surface area contributed by atoms with Crippen LogP contribution >= 0.6 is 25.3 Å². The molecule has 1 fully saturated rings. The number of hydrogen-bond acceptors (Lipinski definition) is 3. The quantitative estimate of drug-likeness (QED) is 0.611. The van der Waals surface area contributed by atoms with E-state index in [0.717, 1.165) is 24.3 Å². The Balaban J connectivity index is 2.59. The predicted octanol–water partition coefficient (Wildman–Crippen LogP) is 1.59. The lowest BCUT2D eigenvalue weighted by Crippen LogP contribution is -2.21. The van der Waals surface area contributed by atoms with Crippen LogP contribution < -0.4 is 0 Å². The van der Waals surface area contributed by atoms with Crippen molar-refractivity contribution in [1.29, 1.82) is 0 Å². The molecule has 0 bridgehead atoms. The fourth-order valence-corrected chi connectivity index (χ4v) is 2.26. The smallest absolute Gasteiger partial charge is 0.133 e. The average molecular weight is 176 g/mol. The molecule has 0 saturated heterocycles. The summed E-state index contributed by atoms with van der Waals surface area (Å²) in [5.41, 5.74) is 0.128. The SMILES string of the molecule is O=C1CCC(CS)(CS)C1. The fourth-order valence-electron chi connectivity index (χ4n) is 1.32. The Bertz CT molecular complexity index is 141. The molecule has 0 unspecified atom stereocenters. The van der Waals surface area contributed by atoms with E-state index in [1.807, 2.05) is 0 Å². The molecule has 0 amide bonds. The van der Waals surface area contributed by atoms with Crippen molar-refractivity contribution in [2.45, 2.75) is 19.3 Å². The molecule has 1 nitrogen and oxygen atoms in total. The Labute approximate surface area is 72.4 Å². The molecule has 1 aliphatic carbocycles. The lowest BCUT2D eigenvalue weighted by molar-refractivity contribution is -0.117. The maximum Gasteiger partial charge on any atom is 0.133 e. The maximum atomic E-state index is 10.9. The second-order valence-corrected chi connectivity index (χ2v) is 3.66. The second-order valence-electron chi connectivity index (χ2n) is 3.03. The van der Waals surface area contributed by atoms with Crippen LogP contribution in [0.15, 0.2) is 0 Å². The Kier molecular flexibility index (Phi) is 2.69. The van der Waals surface area contributed by atoms with Gasteiger partial charge in [0.05, 0.1) is 0 Å². The van der Waals surface area contributed by atoms with Gasteiger partial charge in [-0.1, -0.05) is 0 Å². The first-order chi connectivity index (χ1) is 4.72. The van der Waals surface area contributed by atoms with Gasteiger partial charge in [-0.2, -0.15) is 25.3 Å². The van der Waals surface area contributed by atoms with E-state index in [4.69, 9.17) is 0 Å². The van der Waals surface area contributed by atoms with E-state index >= 15 is 0 Å². The van der Waals surface area contributed by atoms with Crippen molar-refractivity contribution in [3.05, 3.63) is 0 Å². The van der Waals surface area contributed by atoms with E-state index in [9.17, 15) is 4.79 Å². The molecule has 0 aromatic rings. The van der Waals surface area contributed by atoms with Crippen molar-refractivity contribution in [1.82, 2.24) is 0 Å². The zero-order chi connectivity index (χ0) is 7.61. The van der Waals surface area contributed by atoms with Crippen molar-refractivity contribution in [2.75, 3.05) is 11.5 Å². The summed E-state index contributed by atoms with van der Waals surface area (Å²) in [5, 5.41) is 0. The average Bonchev–Trinajstić information content (AvgIpc) is 2.33. The Morgan fingerprint density at radius 3 is 2.20 bits per heavy atom. The van der Waals surface area contributed by atoms with Crippen LogP contribution in [-0.4, -0.2) is 17.3 Å². The standard InChI is InChI=1S/C7H12OS2/c8-6-1-2-7(3-6,4-9)5-10/h9-10H,1-5H2. The van der Waals surface area contributed by atoms with Gasteiger partial charge in [-0.3, -0.25) is 4.79 Å². The summed E-state index contributed by atoms with van der Waals surface area (Å²) in [6.07, 6.45) is 2.42.